The third kappa shape index (κ3) is 3.85. The maximum atomic E-state index is 11.9. The van der Waals surface area contributed by atoms with Crippen LogP contribution in [0.5, 0.6) is 0 Å². The lowest BCUT2D eigenvalue weighted by molar-refractivity contribution is 0.0996. The molecule has 0 bridgehead atoms. The molecule has 2 heterocycles. The van der Waals surface area contributed by atoms with Crippen molar-refractivity contribution in [3.05, 3.63) is 82.2 Å². The van der Waals surface area contributed by atoms with E-state index in [2.05, 4.69) is 20.6 Å². The highest BCUT2D eigenvalue weighted by molar-refractivity contribution is 6.37. The van der Waals surface area contributed by atoms with Crippen LogP contribution in [-0.4, -0.2) is 25.9 Å². The van der Waals surface area contributed by atoms with Gasteiger partial charge < -0.3 is 11.1 Å². The molecule has 4 aromatic rings. The van der Waals surface area contributed by atoms with Gasteiger partial charge in [-0.2, -0.15) is 15.3 Å². The SMILES string of the molecule is Cc1ccnnc1-c1ccc(Nc2cn(-c3c(Cl)cccc3Cl)nc2C(N)=O)cc1. The quantitative estimate of drug-likeness (QED) is 0.466. The molecule has 2 aromatic heterocycles. The summed E-state index contributed by atoms with van der Waals surface area (Å²) < 4.78 is 1.43. The Labute approximate surface area is 182 Å². The van der Waals surface area contributed by atoms with Crippen LogP contribution < -0.4 is 11.1 Å². The molecular formula is C21H16Cl2N6O. The van der Waals surface area contributed by atoms with E-state index >= 15 is 0 Å². The second-order valence-corrected chi connectivity index (χ2v) is 7.35. The number of nitrogens with one attached hydrogen (secondary N) is 1. The average Bonchev–Trinajstić information content (AvgIpc) is 3.12. The van der Waals surface area contributed by atoms with E-state index in [9.17, 15) is 4.79 Å². The zero-order valence-corrected chi connectivity index (χ0v) is 17.3. The van der Waals surface area contributed by atoms with Crippen molar-refractivity contribution in [1.82, 2.24) is 20.0 Å². The van der Waals surface area contributed by atoms with Crippen molar-refractivity contribution in [2.45, 2.75) is 6.92 Å². The number of para-hydroxylation sites is 1. The molecule has 7 nitrogen and oxygen atoms in total. The van der Waals surface area contributed by atoms with Crippen molar-refractivity contribution in [2.75, 3.05) is 5.32 Å². The third-order valence-corrected chi connectivity index (χ3v) is 5.08. The Morgan fingerprint density at radius 1 is 1.07 bits per heavy atom. The Hall–Kier alpha value is -3.42. The largest absolute Gasteiger partial charge is 0.364 e. The van der Waals surface area contributed by atoms with Crippen molar-refractivity contribution in [3.8, 4) is 16.9 Å². The summed E-state index contributed by atoms with van der Waals surface area (Å²) >= 11 is 12.5. The number of aromatic nitrogens is 4. The molecule has 0 spiro atoms. The minimum Gasteiger partial charge on any atom is -0.364 e. The van der Waals surface area contributed by atoms with E-state index in [1.54, 1.807) is 30.6 Å². The van der Waals surface area contributed by atoms with Gasteiger partial charge in [-0.25, -0.2) is 4.68 Å². The average molecular weight is 439 g/mol. The lowest BCUT2D eigenvalue weighted by Crippen LogP contribution is -2.14. The number of carbonyl (C=O) groups excluding carboxylic acids is 1. The van der Waals surface area contributed by atoms with Gasteiger partial charge in [-0.15, -0.1) is 0 Å². The van der Waals surface area contributed by atoms with Crippen LogP contribution in [0.25, 0.3) is 16.9 Å². The number of nitrogens with two attached hydrogens (primary N) is 1. The van der Waals surface area contributed by atoms with Gasteiger partial charge in [0.1, 0.15) is 5.69 Å². The first-order valence-corrected chi connectivity index (χ1v) is 9.69. The van der Waals surface area contributed by atoms with Crippen molar-refractivity contribution >= 4 is 40.5 Å². The van der Waals surface area contributed by atoms with Gasteiger partial charge in [-0.05, 0) is 42.8 Å². The topological polar surface area (TPSA) is 98.7 Å². The Morgan fingerprint density at radius 2 is 1.77 bits per heavy atom. The Morgan fingerprint density at radius 3 is 2.40 bits per heavy atom. The van der Waals surface area contributed by atoms with E-state index < -0.39 is 5.91 Å². The number of hydrogen-bond donors (Lipinski definition) is 2. The molecule has 1 amide bonds. The Kier molecular flexibility index (Phi) is 5.39. The van der Waals surface area contributed by atoms with Gasteiger partial charge in [0.2, 0.25) is 0 Å². The van der Waals surface area contributed by atoms with Gasteiger partial charge in [0.15, 0.2) is 5.69 Å². The Balaban J connectivity index is 1.67. The number of anilines is 2. The fourth-order valence-electron chi connectivity index (χ4n) is 3.02. The van der Waals surface area contributed by atoms with Crippen LogP contribution in [0.1, 0.15) is 16.1 Å². The van der Waals surface area contributed by atoms with E-state index in [1.807, 2.05) is 37.3 Å². The van der Waals surface area contributed by atoms with Crippen LogP contribution >= 0.6 is 23.2 Å². The van der Waals surface area contributed by atoms with E-state index in [0.717, 1.165) is 22.5 Å². The van der Waals surface area contributed by atoms with Gasteiger partial charge in [-0.1, -0.05) is 41.4 Å². The number of aryl methyl sites for hydroxylation is 1. The standard InChI is InChI=1S/C21H16Cl2N6O/c1-12-9-10-25-27-18(12)13-5-7-14(8-6-13)26-17-11-29(28-19(17)21(24)30)20-15(22)3-2-4-16(20)23/h2-11,26H,1H3,(H2,24,30). The molecule has 2 aromatic carbocycles. The normalized spacial score (nSPS) is 10.8. The van der Waals surface area contributed by atoms with Crippen molar-refractivity contribution < 1.29 is 4.79 Å². The molecular weight excluding hydrogens is 423 g/mol. The molecule has 0 unspecified atom stereocenters. The van der Waals surface area contributed by atoms with Crippen molar-refractivity contribution in [1.29, 1.82) is 0 Å². The third-order valence-electron chi connectivity index (χ3n) is 4.47. The maximum Gasteiger partial charge on any atom is 0.271 e. The van der Waals surface area contributed by atoms with Gasteiger partial charge >= 0.3 is 0 Å². The van der Waals surface area contributed by atoms with Gasteiger partial charge in [0, 0.05) is 17.4 Å². The summed E-state index contributed by atoms with van der Waals surface area (Å²) in [5.74, 6) is -0.675. The number of halogens is 2. The molecule has 0 saturated carbocycles. The lowest BCUT2D eigenvalue weighted by atomic mass is 10.1. The summed E-state index contributed by atoms with van der Waals surface area (Å²) in [4.78, 5) is 11.9. The monoisotopic (exact) mass is 438 g/mol. The highest BCUT2D eigenvalue weighted by Crippen LogP contribution is 2.31. The smallest absolute Gasteiger partial charge is 0.271 e. The maximum absolute atomic E-state index is 11.9. The van der Waals surface area contributed by atoms with Gasteiger partial charge in [0.05, 0.1) is 27.6 Å². The van der Waals surface area contributed by atoms with Crippen LogP contribution in [0, 0.1) is 6.92 Å². The molecule has 0 fully saturated rings. The van der Waals surface area contributed by atoms with E-state index in [4.69, 9.17) is 28.9 Å². The molecule has 0 aliphatic heterocycles. The fraction of sp³-hybridized carbons (Fsp3) is 0.0476. The summed E-state index contributed by atoms with van der Waals surface area (Å²) in [7, 11) is 0. The summed E-state index contributed by atoms with van der Waals surface area (Å²) in [5.41, 5.74) is 9.99. The second kappa shape index (κ2) is 8.14. The van der Waals surface area contributed by atoms with Gasteiger partial charge in [0.25, 0.3) is 5.91 Å². The van der Waals surface area contributed by atoms with Crippen LogP contribution in [0.4, 0.5) is 11.4 Å². The number of amides is 1. The van der Waals surface area contributed by atoms with Crippen LogP contribution in [0.2, 0.25) is 10.0 Å². The first-order chi connectivity index (χ1) is 14.4. The Bertz CT molecular complexity index is 1220. The van der Waals surface area contributed by atoms with Crippen LogP contribution in [0.15, 0.2) is 60.9 Å². The molecule has 3 N–H and O–H groups in total. The predicted molar refractivity (Wildman–Crippen MR) is 118 cm³/mol. The number of carbonyl (C=O) groups is 1. The molecule has 0 saturated heterocycles. The lowest BCUT2D eigenvalue weighted by Gasteiger charge is -2.08. The van der Waals surface area contributed by atoms with Crippen LogP contribution in [-0.2, 0) is 0 Å². The summed E-state index contributed by atoms with van der Waals surface area (Å²) in [6, 6.07) is 14.6. The number of primary amides is 1. The number of benzene rings is 2. The minimum absolute atomic E-state index is 0.0693. The summed E-state index contributed by atoms with van der Waals surface area (Å²) in [5, 5.41) is 16.4. The number of hydrogen-bond acceptors (Lipinski definition) is 5. The highest BCUT2D eigenvalue weighted by Gasteiger charge is 2.18. The van der Waals surface area contributed by atoms with Crippen LogP contribution in [0.3, 0.4) is 0 Å². The van der Waals surface area contributed by atoms with Gasteiger partial charge in [-0.3, -0.25) is 4.79 Å². The summed E-state index contributed by atoms with van der Waals surface area (Å²) in [6.45, 7) is 1.98. The molecule has 9 heteroatoms. The summed E-state index contributed by atoms with van der Waals surface area (Å²) in [6.07, 6.45) is 3.27. The number of rotatable bonds is 5. The molecule has 0 aliphatic rings. The van der Waals surface area contributed by atoms with Crippen molar-refractivity contribution in [3.63, 3.8) is 0 Å². The highest BCUT2D eigenvalue weighted by atomic mass is 35.5. The molecule has 0 radical (unpaired) electrons. The van der Waals surface area contributed by atoms with E-state index in [1.165, 1.54) is 4.68 Å². The molecule has 150 valence electrons. The van der Waals surface area contributed by atoms with E-state index in [0.29, 0.717) is 21.4 Å². The molecule has 0 aliphatic carbocycles. The molecule has 4 rings (SSSR count). The zero-order chi connectivity index (χ0) is 21.3. The first-order valence-electron chi connectivity index (χ1n) is 8.93. The van der Waals surface area contributed by atoms with E-state index in [-0.39, 0.29) is 5.69 Å². The fourth-order valence-corrected chi connectivity index (χ4v) is 3.59. The molecule has 0 atom stereocenters. The predicted octanol–water partition coefficient (Wildman–Crippen LogP) is 4.79. The number of nitrogens with zero attached hydrogens (tertiary/aromatic N) is 4. The second-order valence-electron chi connectivity index (χ2n) is 6.54. The molecule has 30 heavy (non-hydrogen) atoms. The zero-order valence-electron chi connectivity index (χ0n) is 15.8. The minimum atomic E-state index is -0.675. The van der Waals surface area contributed by atoms with Crippen molar-refractivity contribution in [2.24, 2.45) is 5.73 Å². The first kappa shape index (κ1) is 19.9.